The van der Waals surface area contributed by atoms with Gasteiger partial charge in [0.2, 0.25) is 5.88 Å². The van der Waals surface area contributed by atoms with E-state index in [1.54, 1.807) is 12.1 Å². The number of nitrogens with zero attached hydrogens (tertiary/aromatic N) is 2. The monoisotopic (exact) mass is 511 g/mol. The molecule has 190 valence electrons. The minimum atomic E-state index is -0.627. The highest BCUT2D eigenvalue weighted by Gasteiger charge is 2.31. The van der Waals surface area contributed by atoms with Crippen LogP contribution in [0.15, 0.2) is 119 Å². The van der Waals surface area contributed by atoms with Gasteiger partial charge in [-0.15, -0.1) is 0 Å². The Labute approximate surface area is 224 Å². The van der Waals surface area contributed by atoms with Crippen LogP contribution in [0.4, 0.5) is 0 Å². The summed E-state index contributed by atoms with van der Waals surface area (Å²) in [6.45, 7) is 0.641. The van der Waals surface area contributed by atoms with Gasteiger partial charge in [-0.25, -0.2) is 13.9 Å². The smallest absolute Gasteiger partial charge is 0.343 e. The summed E-state index contributed by atoms with van der Waals surface area (Å²) >= 11 is 0. The molecule has 0 fully saturated rings. The average molecular weight is 512 g/mol. The number of aromatic nitrogens is 2. The summed E-state index contributed by atoms with van der Waals surface area (Å²) in [4.78, 5) is 28.7. The SMILES string of the molecule is O=c1c([C@H]2NCCc3ccccc32)c(O)n(-c2cccc3ccccc23)c(=O)n1-c1cccc2ccccc12. The first-order valence-electron chi connectivity index (χ1n) is 13.0. The van der Waals surface area contributed by atoms with E-state index >= 15 is 0 Å². The van der Waals surface area contributed by atoms with Crippen molar-refractivity contribution in [2.24, 2.45) is 0 Å². The Bertz CT molecular complexity index is 2010. The molecule has 2 heterocycles. The molecule has 7 rings (SSSR count). The predicted octanol–water partition coefficient (Wildman–Crippen LogP) is 5.24. The molecular weight excluding hydrogens is 486 g/mol. The molecule has 0 unspecified atom stereocenters. The van der Waals surface area contributed by atoms with Crippen LogP contribution in [0.25, 0.3) is 32.9 Å². The molecule has 0 aliphatic carbocycles. The van der Waals surface area contributed by atoms with Gasteiger partial charge in [0.05, 0.1) is 23.0 Å². The molecule has 0 amide bonds. The Morgan fingerprint density at radius 3 is 1.92 bits per heavy atom. The van der Waals surface area contributed by atoms with Gasteiger partial charge in [0.15, 0.2) is 0 Å². The van der Waals surface area contributed by atoms with Crippen LogP contribution >= 0.6 is 0 Å². The van der Waals surface area contributed by atoms with Gasteiger partial charge in [0.1, 0.15) is 0 Å². The van der Waals surface area contributed by atoms with E-state index in [0.717, 1.165) is 39.1 Å². The van der Waals surface area contributed by atoms with Crippen LogP contribution in [0.3, 0.4) is 0 Å². The lowest BCUT2D eigenvalue weighted by atomic mass is 9.90. The zero-order valence-electron chi connectivity index (χ0n) is 21.0. The maximum atomic E-state index is 14.4. The number of hydrogen-bond donors (Lipinski definition) is 2. The third kappa shape index (κ3) is 3.60. The van der Waals surface area contributed by atoms with E-state index in [1.165, 1.54) is 9.13 Å². The first-order chi connectivity index (χ1) is 19.1. The summed E-state index contributed by atoms with van der Waals surface area (Å²) in [7, 11) is 0. The van der Waals surface area contributed by atoms with Crippen molar-refractivity contribution in [3.8, 4) is 17.3 Å². The van der Waals surface area contributed by atoms with Gasteiger partial charge in [-0.3, -0.25) is 4.79 Å². The summed E-state index contributed by atoms with van der Waals surface area (Å²) in [5.74, 6) is -0.355. The summed E-state index contributed by atoms with van der Waals surface area (Å²) in [5.41, 5.74) is 1.99. The predicted molar refractivity (Wildman–Crippen MR) is 154 cm³/mol. The highest BCUT2D eigenvalue weighted by Crippen LogP contribution is 2.34. The molecule has 0 bridgehead atoms. The third-order valence-electron chi connectivity index (χ3n) is 7.68. The Hall–Kier alpha value is -4.94. The second-order valence-electron chi connectivity index (χ2n) is 9.83. The average Bonchev–Trinajstić information content (AvgIpc) is 2.97. The van der Waals surface area contributed by atoms with Crippen molar-refractivity contribution in [2.75, 3.05) is 6.54 Å². The van der Waals surface area contributed by atoms with Gasteiger partial charge >= 0.3 is 5.69 Å². The van der Waals surface area contributed by atoms with E-state index in [1.807, 2.05) is 97.1 Å². The normalized spacial score (nSPS) is 14.9. The molecule has 0 spiro atoms. The minimum absolute atomic E-state index is 0.141. The highest BCUT2D eigenvalue weighted by atomic mass is 16.3. The Morgan fingerprint density at radius 2 is 1.23 bits per heavy atom. The molecule has 6 nitrogen and oxygen atoms in total. The fourth-order valence-electron chi connectivity index (χ4n) is 5.86. The quantitative estimate of drug-likeness (QED) is 0.341. The molecule has 2 N–H and O–H groups in total. The van der Waals surface area contributed by atoms with Crippen molar-refractivity contribution in [2.45, 2.75) is 12.5 Å². The van der Waals surface area contributed by atoms with E-state index in [2.05, 4.69) is 5.32 Å². The Morgan fingerprint density at radius 1 is 0.667 bits per heavy atom. The third-order valence-corrected chi connectivity index (χ3v) is 7.68. The van der Waals surface area contributed by atoms with Crippen LogP contribution < -0.4 is 16.6 Å². The number of rotatable bonds is 3. The van der Waals surface area contributed by atoms with Crippen molar-refractivity contribution in [3.05, 3.63) is 147 Å². The van der Waals surface area contributed by atoms with E-state index in [9.17, 15) is 14.7 Å². The fraction of sp³-hybridized carbons (Fsp3) is 0.0909. The molecule has 6 aromatic rings. The maximum Gasteiger partial charge on any atom is 0.343 e. The lowest BCUT2D eigenvalue weighted by molar-refractivity contribution is 0.407. The molecule has 1 atom stereocenters. The lowest BCUT2D eigenvalue weighted by Crippen LogP contribution is -2.43. The molecule has 1 aliphatic rings. The van der Waals surface area contributed by atoms with Gasteiger partial charge in [0.25, 0.3) is 5.56 Å². The molecule has 0 saturated carbocycles. The molecule has 39 heavy (non-hydrogen) atoms. The first kappa shape index (κ1) is 23.2. The Balaban J connectivity index is 1.63. The topological polar surface area (TPSA) is 76.3 Å². The van der Waals surface area contributed by atoms with Crippen LogP contribution in [-0.2, 0) is 6.42 Å². The molecule has 0 radical (unpaired) electrons. The fourth-order valence-corrected chi connectivity index (χ4v) is 5.86. The zero-order chi connectivity index (χ0) is 26.5. The number of nitrogens with one attached hydrogen (secondary N) is 1. The van der Waals surface area contributed by atoms with Crippen LogP contribution in [0, 0.1) is 0 Å². The van der Waals surface area contributed by atoms with Crippen molar-refractivity contribution < 1.29 is 5.11 Å². The van der Waals surface area contributed by atoms with Gasteiger partial charge in [-0.2, -0.15) is 0 Å². The highest BCUT2D eigenvalue weighted by molar-refractivity contribution is 5.91. The van der Waals surface area contributed by atoms with E-state index in [4.69, 9.17) is 0 Å². The van der Waals surface area contributed by atoms with Crippen LogP contribution in [0.1, 0.15) is 22.7 Å². The summed E-state index contributed by atoms with van der Waals surface area (Å²) in [6, 6.07) is 33.9. The molecule has 0 saturated heterocycles. The van der Waals surface area contributed by atoms with E-state index in [0.29, 0.717) is 17.9 Å². The van der Waals surface area contributed by atoms with Crippen molar-refractivity contribution >= 4 is 21.5 Å². The second kappa shape index (κ2) is 9.11. The van der Waals surface area contributed by atoms with Gasteiger partial charge < -0.3 is 10.4 Å². The van der Waals surface area contributed by atoms with Crippen LogP contribution in [0.5, 0.6) is 5.88 Å². The number of fused-ring (bicyclic) bond motifs is 3. The van der Waals surface area contributed by atoms with Crippen LogP contribution in [-0.4, -0.2) is 20.8 Å². The first-order valence-corrected chi connectivity index (χ1v) is 13.0. The number of aromatic hydroxyl groups is 1. The molecule has 5 aromatic carbocycles. The summed E-state index contributed by atoms with van der Waals surface area (Å²) in [5, 5.41) is 18.7. The molecule has 1 aromatic heterocycles. The van der Waals surface area contributed by atoms with Crippen molar-refractivity contribution in [1.82, 2.24) is 14.5 Å². The largest absolute Gasteiger partial charge is 0.494 e. The molecule has 1 aliphatic heterocycles. The van der Waals surface area contributed by atoms with Gasteiger partial charge in [0, 0.05) is 17.3 Å². The van der Waals surface area contributed by atoms with Gasteiger partial charge in [-0.05, 0) is 40.5 Å². The van der Waals surface area contributed by atoms with Crippen molar-refractivity contribution in [3.63, 3.8) is 0 Å². The Kier molecular flexibility index (Phi) is 5.42. The molecule has 6 heteroatoms. The number of benzene rings is 5. The second-order valence-corrected chi connectivity index (χ2v) is 9.83. The van der Waals surface area contributed by atoms with Crippen molar-refractivity contribution in [1.29, 1.82) is 0 Å². The standard InChI is InChI=1S/C33H25N3O3/c37-31-29(30-26-16-6-3-11-23(26)19-20-34-30)32(38)36(28-18-8-13-22-10-2-5-15-25(22)28)33(39)35(31)27-17-7-12-21-9-1-4-14-24(21)27/h1-18,30,34,37H,19-20H2/t30-/m0/s1. The van der Waals surface area contributed by atoms with E-state index in [-0.39, 0.29) is 11.4 Å². The minimum Gasteiger partial charge on any atom is -0.494 e. The zero-order valence-corrected chi connectivity index (χ0v) is 21.0. The lowest BCUT2D eigenvalue weighted by Gasteiger charge is -2.28. The van der Waals surface area contributed by atoms with E-state index < -0.39 is 17.3 Å². The molecular formula is C33H25N3O3. The van der Waals surface area contributed by atoms with Gasteiger partial charge in [-0.1, -0.05) is 97.1 Å². The maximum absolute atomic E-state index is 14.4. The number of hydrogen-bond acceptors (Lipinski definition) is 4. The summed E-state index contributed by atoms with van der Waals surface area (Å²) < 4.78 is 2.48. The van der Waals surface area contributed by atoms with Crippen LogP contribution in [0.2, 0.25) is 0 Å². The summed E-state index contributed by atoms with van der Waals surface area (Å²) in [6.07, 6.45) is 0.813.